The van der Waals surface area contributed by atoms with E-state index in [9.17, 15) is 22.0 Å². The Bertz CT molecular complexity index is 647. The van der Waals surface area contributed by atoms with Crippen LogP contribution in [0.5, 0.6) is 5.88 Å². The summed E-state index contributed by atoms with van der Waals surface area (Å²) in [6.45, 7) is 0. The molecule has 1 aromatic heterocycles. The Morgan fingerprint density at radius 2 is 1.76 bits per heavy atom. The summed E-state index contributed by atoms with van der Waals surface area (Å²) in [5.41, 5.74) is -0.580. The average Bonchev–Trinajstić information content (AvgIpc) is 2.38. The van der Waals surface area contributed by atoms with Crippen molar-refractivity contribution in [3.63, 3.8) is 0 Å². The molecule has 1 atom stereocenters. The van der Waals surface area contributed by atoms with Crippen LogP contribution in [0.3, 0.4) is 0 Å². The molecule has 21 heavy (non-hydrogen) atoms. The zero-order chi connectivity index (χ0) is 15.6. The van der Waals surface area contributed by atoms with Crippen molar-refractivity contribution in [1.29, 1.82) is 0 Å². The molecule has 0 N–H and O–H groups in total. The first-order chi connectivity index (χ1) is 9.77. The van der Waals surface area contributed by atoms with Gasteiger partial charge in [-0.1, -0.05) is 17.7 Å². The molecule has 0 bridgehead atoms. The molecule has 0 saturated carbocycles. The van der Waals surface area contributed by atoms with Crippen LogP contribution in [-0.4, -0.2) is 11.2 Å². The third-order valence-electron chi connectivity index (χ3n) is 2.48. The second-order valence-electron chi connectivity index (χ2n) is 4.03. The van der Waals surface area contributed by atoms with Crippen molar-refractivity contribution in [3.8, 4) is 5.88 Å². The quantitative estimate of drug-likeness (QED) is 0.764. The van der Waals surface area contributed by atoms with Crippen molar-refractivity contribution >= 4 is 11.6 Å². The highest BCUT2D eigenvalue weighted by atomic mass is 35.5. The highest BCUT2D eigenvalue weighted by Crippen LogP contribution is 2.37. The lowest BCUT2D eigenvalue weighted by Gasteiger charge is -2.21. The molecule has 2 aromatic rings. The third-order valence-corrected chi connectivity index (χ3v) is 2.71. The van der Waals surface area contributed by atoms with Crippen LogP contribution in [0.15, 0.2) is 36.5 Å². The summed E-state index contributed by atoms with van der Waals surface area (Å²) in [4.78, 5) is 3.58. The molecule has 0 saturated heterocycles. The van der Waals surface area contributed by atoms with Crippen LogP contribution in [0.25, 0.3) is 0 Å². The SMILES string of the molecule is Fc1ccc(C(Oc2cc(Cl)ccn2)C(F)(F)F)cc1F. The summed E-state index contributed by atoms with van der Waals surface area (Å²) in [5.74, 6) is -3.03. The predicted molar refractivity (Wildman–Crippen MR) is 65.0 cm³/mol. The number of ether oxygens (including phenoxy) is 1. The van der Waals surface area contributed by atoms with Gasteiger partial charge in [0.1, 0.15) is 0 Å². The Hall–Kier alpha value is -1.89. The number of alkyl halides is 3. The third kappa shape index (κ3) is 3.81. The molecule has 0 aliphatic heterocycles. The number of nitrogens with zero attached hydrogens (tertiary/aromatic N) is 1. The van der Waals surface area contributed by atoms with Gasteiger partial charge in [0, 0.05) is 22.8 Å². The average molecular weight is 324 g/mol. The standard InChI is InChI=1S/C13H7ClF5NO/c14-8-3-4-20-11(6-8)21-12(13(17,18)19)7-1-2-9(15)10(16)5-7/h1-6,12H. The van der Waals surface area contributed by atoms with Crippen LogP contribution < -0.4 is 4.74 Å². The minimum atomic E-state index is -4.84. The molecular formula is C13H7ClF5NO. The van der Waals surface area contributed by atoms with Crippen molar-refractivity contribution in [1.82, 2.24) is 4.98 Å². The van der Waals surface area contributed by atoms with E-state index in [1.165, 1.54) is 6.07 Å². The summed E-state index contributed by atoms with van der Waals surface area (Å²) >= 11 is 5.62. The van der Waals surface area contributed by atoms with Gasteiger partial charge in [0.15, 0.2) is 11.6 Å². The number of pyridine rings is 1. The van der Waals surface area contributed by atoms with Gasteiger partial charge >= 0.3 is 6.18 Å². The fourth-order valence-corrected chi connectivity index (χ4v) is 1.72. The Morgan fingerprint density at radius 3 is 2.33 bits per heavy atom. The topological polar surface area (TPSA) is 22.1 Å². The van der Waals surface area contributed by atoms with Gasteiger partial charge in [-0.15, -0.1) is 0 Å². The molecule has 1 unspecified atom stereocenters. The van der Waals surface area contributed by atoms with Gasteiger partial charge in [0.05, 0.1) is 0 Å². The van der Waals surface area contributed by atoms with Crippen LogP contribution in [-0.2, 0) is 0 Å². The predicted octanol–water partition coefficient (Wildman–Crippen LogP) is 4.70. The maximum absolute atomic E-state index is 13.1. The lowest BCUT2D eigenvalue weighted by molar-refractivity contribution is -0.198. The van der Waals surface area contributed by atoms with E-state index < -0.39 is 29.5 Å². The van der Waals surface area contributed by atoms with Gasteiger partial charge in [-0.3, -0.25) is 0 Å². The molecule has 1 aromatic carbocycles. The molecule has 0 fully saturated rings. The molecule has 0 spiro atoms. The van der Waals surface area contributed by atoms with E-state index in [1.54, 1.807) is 0 Å². The van der Waals surface area contributed by atoms with Crippen molar-refractivity contribution in [2.45, 2.75) is 12.3 Å². The summed E-state index contributed by atoms with van der Waals surface area (Å²) in [5, 5.41) is 0.131. The maximum Gasteiger partial charge on any atom is 0.429 e. The van der Waals surface area contributed by atoms with E-state index in [2.05, 4.69) is 4.98 Å². The van der Waals surface area contributed by atoms with Crippen molar-refractivity contribution in [3.05, 3.63) is 58.7 Å². The van der Waals surface area contributed by atoms with E-state index in [0.717, 1.165) is 18.3 Å². The Labute approximate surface area is 121 Å². The first-order valence-corrected chi connectivity index (χ1v) is 5.95. The van der Waals surface area contributed by atoms with Crippen LogP contribution in [0.1, 0.15) is 11.7 Å². The number of rotatable bonds is 3. The fourth-order valence-electron chi connectivity index (χ4n) is 1.57. The molecule has 8 heteroatoms. The minimum Gasteiger partial charge on any atom is -0.460 e. The molecule has 112 valence electrons. The Kier molecular flexibility index (Phi) is 4.32. The zero-order valence-corrected chi connectivity index (χ0v) is 10.9. The van der Waals surface area contributed by atoms with Crippen molar-refractivity contribution in [2.75, 3.05) is 0 Å². The molecule has 2 nitrogen and oxygen atoms in total. The molecule has 2 rings (SSSR count). The van der Waals surface area contributed by atoms with E-state index in [1.807, 2.05) is 0 Å². The van der Waals surface area contributed by atoms with Crippen LogP contribution >= 0.6 is 11.6 Å². The molecule has 0 amide bonds. The largest absolute Gasteiger partial charge is 0.460 e. The lowest BCUT2D eigenvalue weighted by Crippen LogP contribution is -2.26. The fraction of sp³-hybridized carbons (Fsp3) is 0.154. The maximum atomic E-state index is 13.1. The highest BCUT2D eigenvalue weighted by Gasteiger charge is 2.43. The van der Waals surface area contributed by atoms with Gasteiger partial charge in [0.2, 0.25) is 12.0 Å². The van der Waals surface area contributed by atoms with Gasteiger partial charge in [-0.2, -0.15) is 13.2 Å². The minimum absolute atomic E-state index is 0.131. The Morgan fingerprint density at radius 1 is 1.05 bits per heavy atom. The number of aromatic nitrogens is 1. The second kappa shape index (κ2) is 5.85. The summed E-state index contributed by atoms with van der Waals surface area (Å²) in [6, 6.07) is 4.26. The number of hydrogen-bond acceptors (Lipinski definition) is 2. The molecule has 0 aliphatic carbocycles. The van der Waals surface area contributed by atoms with Gasteiger partial charge in [-0.25, -0.2) is 13.8 Å². The van der Waals surface area contributed by atoms with Crippen molar-refractivity contribution < 1.29 is 26.7 Å². The normalized spacial score (nSPS) is 13.0. The van der Waals surface area contributed by atoms with Gasteiger partial charge in [0.25, 0.3) is 0 Å². The van der Waals surface area contributed by atoms with E-state index in [-0.39, 0.29) is 10.9 Å². The van der Waals surface area contributed by atoms with Crippen LogP contribution in [0.4, 0.5) is 22.0 Å². The molecule has 1 heterocycles. The first-order valence-electron chi connectivity index (χ1n) is 5.57. The lowest BCUT2D eigenvalue weighted by atomic mass is 10.1. The van der Waals surface area contributed by atoms with Gasteiger partial charge in [-0.05, 0) is 18.2 Å². The molecular weight excluding hydrogens is 317 g/mol. The zero-order valence-electron chi connectivity index (χ0n) is 10.2. The molecule has 0 aliphatic rings. The molecule has 0 radical (unpaired) electrons. The van der Waals surface area contributed by atoms with Crippen LogP contribution in [0.2, 0.25) is 5.02 Å². The second-order valence-corrected chi connectivity index (χ2v) is 4.46. The Balaban J connectivity index is 2.37. The van der Waals surface area contributed by atoms with E-state index >= 15 is 0 Å². The highest BCUT2D eigenvalue weighted by molar-refractivity contribution is 6.30. The first kappa shape index (κ1) is 15.5. The number of benzene rings is 1. The summed E-state index contributed by atoms with van der Waals surface area (Å²) in [6.07, 6.45) is -6.16. The number of hydrogen-bond donors (Lipinski definition) is 0. The number of halogens is 6. The van der Waals surface area contributed by atoms with Gasteiger partial charge < -0.3 is 4.74 Å². The summed E-state index contributed by atoms with van der Waals surface area (Å²) < 4.78 is 69.7. The summed E-state index contributed by atoms with van der Waals surface area (Å²) in [7, 11) is 0. The smallest absolute Gasteiger partial charge is 0.429 e. The van der Waals surface area contributed by atoms with E-state index in [0.29, 0.717) is 12.1 Å². The monoisotopic (exact) mass is 323 g/mol. The van der Waals surface area contributed by atoms with E-state index in [4.69, 9.17) is 16.3 Å². The van der Waals surface area contributed by atoms with Crippen molar-refractivity contribution in [2.24, 2.45) is 0 Å². The van der Waals surface area contributed by atoms with Crippen LogP contribution in [0, 0.1) is 11.6 Å².